The number of aromatic nitrogens is 3. The Balaban J connectivity index is 2.27. The molecule has 0 N–H and O–H groups in total. The first-order valence-corrected chi connectivity index (χ1v) is 5.49. The maximum absolute atomic E-state index is 11.7. The number of carbonyl (C=O) groups excluding carboxylic acids is 1. The van der Waals surface area contributed by atoms with E-state index in [4.69, 9.17) is 4.74 Å². The van der Waals surface area contributed by atoms with E-state index in [0.717, 1.165) is 5.69 Å². The number of esters is 1. The van der Waals surface area contributed by atoms with Crippen molar-refractivity contribution in [2.75, 3.05) is 6.61 Å². The van der Waals surface area contributed by atoms with Crippen LogP contribution in [0.4, 0.5) is 0 Å². The molecule has 0 aliphatic carbocycles. The van der Waals surface area contributed by atoms with Gasteiger partial charge in [-0.2, -0.15) is 9.90 Å². The Labute approximate surface area is 105 Å². The summed E-state index contributed by atoms with van der Waals surface area (Å²) in [6, 6.07) is 9.38. The summed E-state index contributed by atoms with van der Waals surface area (Å²) in [6.45, 7) is 5.37. The van der Waals surface area contributed by atoms with Crippen molar-refractivity contribution in [2.24, 2.45) is 0 Å². The maximum Gasteiger partial charge on any atom is 0.361 e. The van der Waals surface area contributed by atoms with Gasteiger partial charge in [0.05, 0.1) is 11.4 Å². The van der Waals surface area contributed by atoms with Crippen molar-refractivity contribution < 1.29 is 9.53 Å². The Morgan fingerprint density at radius 1 is 1.39 bits per heavy atom. The van der Waals surface area contributed by atoms with E-state index in [2.05, 4.69) is 16.8 Å². The molecule has 0 saturated heterocycles. The van der Waals surface area contributed by atoms with Gasteiger partial charge in [-0.3, -0.25) is 0 Å². The van der Waals surface area contributed by atoms with Gasteiger partial charge in [0.25, 0.3) is 0 Å². The third-order valence-corrected chi connectivity index (χ3v) is 2.29. The van der Waals surface area contributed by atoms with Crippen LogP contribution in [-0.2, 0) is 4.74 Å². The molecule has 0 unspecified atom stereocenters. The molecule has 0 saturated carbocycles. The summed E-state index contributed by atoms with van der Waals surface area (Å²) >= 11 is 0. The third-order valence-electron chi connectivity index (χ3n) is 2.29. The lowest BCUT2D eigenvalue weighted by Crippen LogP contribution is -2.08. The number of aryl methyl sites for hydroxylation is 1. The van der Waals surface area contributed by atoms with Crippen LogP contribution >= 0.6 is 0 Å². The molecular formula is C13H13N3O2. The standard InChI is InChI=1S/C13H13N3O2/c1-3-9-18-13(17)12-10(2)14-16(15-12)11-7-5-4-6-8-11/h3-8H,1,9H2,2H3. The van der Waals surface area contributed by atoms with E-state index in [1.165, 1.54) is 10.9 Å². The minimum absolute atomic E-state index is 0.163. The van der Waals surface area contributed by atoms with Gasteiger partial charge in [-0.05, 0) is 19.1 Å². The second kappa shape index (κ2) is 5.27. The van der Waals surface area contributed by atoms with Crippen LogP contribution in [-0.4, -0.2) is 27.6 Å². The van der Waals surface area contributed by atoms with E-state index < -0.39 is 5.97 Å². The minimum atomic E-state index is -0.491. The second-order valence-corrected chi connectivity index (χ2v) is 3.65. The van der Waals surface area contributed by atoms with Crippen molar-refractivity contribution >= 4 is 5.97 Å². The van der Waals surface area contributed by atoms with Gasteiger partial charge in [-0.15, -0.1) is 5.10 Å². The fourth-order valence-corrected chi connectivity index (χ4v) is 1.45. The van der Waals surface area contributed by atoms with E-state index >= 15 is 0 Å². The molecule has 0 spiro atoms. The number of benzene rings is 1. The van der Waals surface area contributed by atoms with E-state index in [-0.39, 0.29) is 12.3 Å². The summed E-state index contributed by atoms with van der Waals surface area (Å²) in [5.74, 6) is -0.491. The average molecular weight is 243 g/mol. The molecule has 1 heterocycles. The van der Waals surface area contributed by atoms with Crippen LogP contribution in [0.25, 0.3) is 5.69 Å². The van der Waals surface area contributed by atoms with Gasteiger partial charge in [0.15, 0.2) is 5.69 Å². The average Bonchev–Trinajstić information content (AvgIpc) is 2.79. The second-order valence-electron chi connectivity index (χ2n) is 3.65. The SMILES string of the molecule is C=CCOC(=O)c1nn(-c2ccccc2)nc1C. The summed E-state index contributed by atoms with van der Waals surface area (Å²) in [6.07, 6.45) is 1.51. The lowest BCUT2D eigenvalue weighted by atomic mass is 10.3. The van der Waals surface area contributed by atoms with Gasteiger partial charge in [0.1, 0.15) is 6.61 Å². The lowest BCUT2D eigenvalue weighted by molar-refractivity contribution is 0.0541. The van der Waals surface area contributed by atoms with Crippen LogP contribution in [0.5, 0.6) is 0 Å². The van der Waals surface area contributed by atoms with Crippen LogP contribution in [0.1, 0.15) is 16.2 Å². The largest absolute Gasteiger partial charge is 0.457 e. The highest BCUT2D eigenvalue weighted by Crippen LogP contribution is 2.09. The van der Waals surface area contributed by atoms with Gasteiger partial charge in [-0.25, -0.2) is 4.79 Å². The number of nitrogens with zero attached hydrogens (tertiary/aromatic N) is 3. The predicted molar refractivity (Wildman–Crippen MR) is 66.6 cm³/mol. The Kier molecular flexibility index (Phi) is 3.52. The molecule has 2 aromatic rings. The molecule has 5 nitrogen and oxygen atoms in total. The number of rotatable bonds is 4. The number of para-hydroxylation sites is 1. The Bertz CT molecular complexity index is 561. The number of hydrogen-bond donors (Lipinski definition) is 0. The van der Waals surface area contributed by atoms with Crippen LogP contribution in [0.3, 0.4) is 0 Å². The van der Waals surface area contributed by atoms with E-state index in [1.54, 1.807) is 6.92 Å². The third kappa shape index (κ3) is 2.45. The van der Waals surface area contributed by atoms with Crippen molar-refractivity contribution in [3.8, 4) is 5.69 Å². The topological polar surface area (TPSA) is 57.0 Å². The smallest absolute Gasteiger partial charge is 0.361 e. The number of ether oxygens (including phenoxy) is 1. The van der Waals surface area contributed by atoms with Gasteiger partial charge in [0.2, 0.25) is 0 Å². The number of hydrogen-bond acceptors (Lipinski definition) is 4. The maximum atomic E-state index is 11.7. The molecule has 2 rings (SSSR count). The molecule has 92 valence electrons. The Hall–Kier alpha value is -2.43. The predicted octanol–water partition coefficient (Wildman–Crippen LogP) is 1.92. The summed E-state index contributed by atoms with van der Waals surface area (Å²) in [5, 5.41) is 8.32. The fourth-order valence-electron chi connectivity index (χ4n) is 1.45. The van der Waals surface area contributed by atoms with Crippen LogP contribution < -0.4 is 0 Å². The molecule has 0 aliphatic rings. The molecule has 0 fully saturated rings. The van der Waals surface area contributed by atoms with Crippen molar-refractivity contribution in [2.45, 2.75) is 6.92 Å². The van der Waals surface area contributed by atoms with E-state index in [9.17, 15) is 4.79 Å². The first-order chi connectivity index (χ1) is 8.72. The molecule has 0 bridgehead atoms. The molecule has 0 aliphatic heterocycles. The van der Waals surface area contributed by atoms with Crippen molar-refractivity contribution in [1.82, 2.24) is 15.0 Å². The number of carbonyl (C=O) groups is 1. The summed E-state index contributed by atoms with van der Waals surface area (Å²) < 4.78 is 4.93. The summed E-state index contributed by atoms with van der Waals surface area (Å²) in [4.78, 5) is 13.1. The molecule has 1 aromatic heterocycles. The molecular weight excluding hydrogens is 230 g/mol. The summed E-state index contributed by atoms with van der Waals surface area (Å²) in [7, 11) is 0. The Morgan fingerprint density at radius 2 is 2.11 bits per heavy atom. The highest BCUT2D eigenvalue weighted by atomic mass is 16.5. The van der Waals surface area contributed by atoms with Crippen LogP contribution in [0.15, 0.2) is 43.0 Å². The minimum Gasteiger partial charge on any atom is -0.457 e. The van der Waals surface area contributed by atoms with Gasteiger partial charge >= 0.3 is 5.97 Å². The zero-order valence-electron chi connectivity index (χ0n) is 10.0. The van der Waals surface area contributed by atoms with Crippen LogP contribution in [0.2, 0.25) is 0 Å². The zero-order chi connectivity index (χ0) is 13.0. The van der Waals surface area contributed by atoms with Gasteiger partial charge < -0.3 is 4.74 Å². The van der Waals surface area contributed by atoms with E-state index in [1.807, 2.05) is 30.3 Å². The normalized spacial score (nSPS) is 10.1. The van der Waals surface area contributed by atoms with Crippen molar-refractivity contribution in [1.29, 1.82) is 0 Å². The zero-order valence-corrected chi connectivity index (χ0v) is 10.0. The van der Waals surface area contributed by atoms with E-state index in [0.29, 0.717) is 5.69 Å². The van der Waals surface area contributed by atoms with Crippen molar-refractivity contribution in [3.05, 3.63) is 54.4 Å². The summed E-state index contributed by atoms with van der Waals surface area (Å²) in [5.41, 5.74) is 1.55. The lowest BCUT2D eigenvalue weighted by Gasteiger charge is -1.98. The molecule has 5 heteroatoms. The highest BCUT2D eigenvalue weighted by molar-refractivity contribution is 5.88. The first kappa shape index (κ1) is 12.0. The highest BCUT2D eigenvalue weighted by Gasteiger charge is 2.17. The van der Waals surface area contributed by atoms with Gasteiger partial charge in [-0.1, -0.05) is 30.9 Å². The first-order valence-electron chi connectivity index (χ1n) is 5.49. The Morgan fingerprint density at radius 3 is 2.78 bits per heavy atom. The van der Waals surface area contributed by atoms with Crippen molar-refractivity contribution in [3.63, 3.8) is 0 Å². The van der Waals surface area contributed by atoms with Crippen LogP contribution in [0, 0.1) is 6.92 Å². The molecule has 18 heavy (non-hydrogen) atoms. The molecule has 0 radical (unpaired) electrons. The molecule has 0 atom stereocenters. The fraction of sp³-hybridized carbons (Fsp3) is 0.154. The molecule has 1 aromatic carbocycles. The van der Waals surface area contributed by atoms with Gasteiger partial charge in [0, 0.05) is 0 Å². The monoisotopic (exact) mass is 243 g/mol. The molecule has 0 amide bonds. The quantitative estimate of drug-likeness (QED) is 0.608.